The molecule has 1 aromatic heterocycles. The van der Waals surface area contributed by atoms with Crippen molar-refractivity contribution in [2.45, 2.75) is 6.92 Å². The molecule has 4 radical (unpaired) electrons. The highest BCUT2D eigenvalue weighted by molar-refractivity contribution is 14.1. The highest BCUT2D eigenvalue weighted by Crippen LogP contribution is 2.13. The van der Waals surface area contributed by atoms with E-state index in [1.165, 1.54) is 0 Å². The fourth-order valence-corrected chi connectivity index (χ4v) is 1.36. The molecule has 0 aliphatic carbocycles. The van der Waals surface area contributed by atoms with E-state index < -0.39 is 0 Å². The number of pyridine rings is 1. The van der Waals surface area contributed by atoms with Gasteiger partial charge in [-0.2, -0.15) is 0 Å². The lowest BCUT2D eigenvalue weighted by Crippen LogP contribution is -1.92. The minimum atomic E-state index is 0.575. The molecule has 1 heterocycles. The third kappa shape index (κ3) is 1.48. The van der Waals surface area contributed by atoms with Crippen LogP contribution in [0.25, 0.3) is 0 Å². The number of aromatic nitrogens is 1. The Kier molecular flexibility index (Phi) is 2.28. The average Bonchev–Trinajstić information content (AvgIpc) is 1.82. The monoisotopic (exact) mass is 243 g/mol. The Morgan fingerprint density at radius 2 is 2.10 bits per heavy atom. The highest BCUT2D eigenvalue weighted by atomic mass is 127. The van der Waals surface area contributed by atoms with Crippen LogP contribution >= 0.6 is 22.6 Å². The van der Waals surface area contributed by atoms with Gasteiger partial charge in [-0.15, -0.1) is 0 Å². The maximum absolute atomic E-state index is 5.56. The Balaban J connectivity index is 3.31. The lowest BCUT2D eigenvalue weighted by atomic mass is 10.2. The maximum Gasteiger partial charge on any atom is 0.105 e. The molecule has 0 atom stereocenters. The van der Waals surface area contributed by atoms with E-state index in [4.69, 9.17) is 13.8 Å². The van der Waals surface area contributed by atoms with Gasteiger partial charge in [0, 0.05) is 12.6 Å². The molecule has 1 nitrogen and oxygen atoms in total. The van der Waals surface area contributed by atoms with Gasteiger partial charge in [-0.3, -0.25) is 0 Å². The van der Waals surface area contributed by atoms with Crippen LogP contribution < -0.4 is 0 Å². The van der Waals surface area contributed by atoms with E-state index in [-0.39, 0.29) is 0 Å². The van der Waals surface area contributed by atoms with E-state index in [0.717, 1.165) is 9.39 Å². The fraction of sp³-hybridized carbons (Fsp3) is 0.125. The van der Waals surface area contributed by atoms with Crippen molar-refractivity contribution < 1.29 is 0 Å². The standard InChI is InChI=1S/C8H6IN/c1-5-4-6(2)10-8(9)7(5)3/h1,3-4H,2H3. The lowest BCUT2D eigenvalue weighted by molar-refractivity contribution is 1.14. The van der Waals surface area contributed by atoms with Crippen molar-refractivity contribution in [1.29, 1.82) is 0 Å². The zero-order valence-corrected chi connectivity index (χ0v) is 7.71. The topological polar surface area (TPSA) is 12.9 Å². The summed E-state index contributed by atoms with van der Waals surface area (Å²) in [5, 5.41) is 0. The predicted octanol–water partition coefficient (Wildman–Crippen LogP) is 2.11. The summed E-state index contributed by atoms with van der Waals surface area (Å²) in [6.07, 6.45) is 0. The van der Waals surface area contributed by atoms with Crippen LogP contribution in [0.4, 0.5) is 0 Å². The largest absolute Gasteiger partial charge is 0.247 e. The van der Waals surface area contributed by atoms with Crippen molar-refractivity contribution in [3.8, 4) is 0 Å². The molecule has 0 saturated heterocycles. The molecule has 2 heteroatoms. The van der Waals surface area contributed by atoms with Crippen molar-refractivity contribution in [2.24, 2.45) is 0 Å². The predicted molar refractivity (Wildman–Crippen MR) is 48.5 cm³/mol. The van der Waals surface area contributed by atoms with Crippen molar-refractivity contribution in [3.63, 3.8) is 0 Å². The van der Waals surface area contributed by atoms with Gasteiger partial charge in [0.15, 0.2) is 0 Å². The molecule has 0 N–H and O–H groups in total. The summed E-state index contributed by atoms with van der Waals surface area (Å²) in [5.74, 6) is 0. The Bertz CT molecular complexity index is 232. The van der Waals surface area contributed by atoms with Crippen LogP contribution in [0.2, 0.25) is 0 Å². The molecular formula is C8H6IN. The van der Waals surface area contributed by atoms with Gasteiger partial charge in [0.2, 0.25) is 0 Å². The van der Waals surface area contributed by atoms with Gasteiger partial charge in [-0.05, 0) is 53.6 Å². The minimum Gasteiger partial charge on any atom is -0.247 e. The second-order valence-electron chi connectivity index (χ2n) is 2.06. The van der Waals surface area contributed by atoms with Crippen LogP contribution in [0.15, 0.2) is 6.07 Å². The van der Waals surface area contributed by atoms with Crippen LogP contribution in [0.5, 0.6) is 0 Å². The summed E-state index contributed by atoms with van der Waals surface area (Å²) >= 11 is 2.06. The zero-order valence-electron chi connectivity index (χ0n) is 5.56. The van der Waals surface area contributed by atoms with Crippen LogP contribution in [0.3, 0.4) is 0 Å². The third-order valence-electron chi connectivity index (χ3n) is 1.17. The summed E-state index contributed by atoms with van der Waals surface area (Å²) in [4.78, 5) is 4.12. The maximum atomic E-state index is 5.56. The summed E-state index contributed by atoms with van der Waals surface area (Å²) < 4.78 is 0.773. The molecular weight excluding hydrogens is 237 g/mol. The second kappa shape index (κ2) is 2.86. The Morgan fingerprint density at radius 3 is 2.60 bits per heavy atom. The van der Waals surface area contributed by atoms with Crippen LogP contribution in [0, 0.1) is 24.5 Å². The molecule has 0 spiro atoms. The van der Waals surface area contributed by atoms with Crippen molar-refractivity contribution in [1.82, 2.24) is 4.98 Å². The molecule has 0 fully saturated rings. The molecule has 0 bridgehead atoms. The summed E-state index contributed by atoms with van der Waals surface area (Å²) in [6, 6.07) is 1.76. The van der Waals surface area contributed by atoms with E-state index in [1.54, 1.807) is 6.07 Å². The molecule has 0 aliphatic heterocycles. The molecule has 10 heavy (non-hydrogen) atoms. The molecule has 0 amide bonds. The molecule has 1 aromatic rings. The van der Waals surface area contributed by atoms with Crippen molar-refractivity contribution in [3.05, 3.63) is 40.4 Å². The van der Waals surface area contributed by atoms with Gasteiger partial charge in [-0.1, -0.05) is 0 Å². The van der Waals surface area contributed by atoms with Gasteiger partial charge < -0.3 is 0 Å². The van der Waals surface area contributed by atoms with Crippen molar-refractivity contribution in [2.75, 3.05) is 0 Å². The Hall–Kier alpha value is -0.120. The normalized spacial score (nSPS) is 10.0. The molecule has 50 valence electrons. The van der Waals surface area contributed by atoms with E-state index >= 15 is 0 Å². The minimum absolute atomic E-state index is 0.575. The number of rotatable bonds is 0. The highest BCUT2D eigenvalue weighted by Gasteiger charge is 1.99. The molecule has 0 aliphatic rings. The number of halogens is 1. The number of hydrogen-bond acceptors (Lipinski definition) is 1. The molecule has 0 unspecified atom stereocenters. The smallest absolute Gasteiger partial charge is 0.105 e. The van der Waals surface area contributed by atoms with Crippen LogP contribution in [0.1, 0.15) is 16.8 Å². The van der Waals surface area contributed by atoms with Gasteiger partial charge in [0.25, 0.3) is 0 Å². The van der Waals surface area contributed by atoms with Crippen LogP contribution in [-0.2, 0) is 0 Å². The van der Waals surface area contributed by atoms with Gasteiger partial charge >= 0.3 is 0 Å². The summed E-state index contributed by atoms with van der Waals surface area (Å²) in [7, 11) is 0. The Morgan fingerprint density at radius 1 is 1.50 bits per heavy atom. The average molecular weight is 243 g/mol. The number of nitrogens with zero attached hydrogens (tertiary/aromatic N) is 1. The molecule has 0 aromatic carbocycles. The van der Waals surface area contributed by atoms with Gasteiger partial charge in [-0.25, -0.2) is 4.98 Å². The summed E-state index contributed by atoms with van der Waals surface area (Å²) in [6.45, 7) is 13.0. The lowest BCUT2D eigenvalue weighted by Gasteiger charge is -2.01. The SMILES string of the molecule is [CH]c1cc(C)nc(I)c1[CH]. The fourth-order valence-electron chi connectivity index (χ4n) is 0.669. The van der Waals surface area contributed by atoms with E-state index in [0.29, 0.717) is 11.1 Å². The first-order chi connectivity index (χ1) is 4.61. The number of aryl methyl sites for hydroxylation is 1. The van der Waals surface area contributed by atoms with E-state index in [9.17, 15) is 0 Å². The van der Waals surface area contributed by atoms with Crippen molar-refractivity contribution >= 4 is 22.6 Å². The third-order valence-corrected chi connectivity index (χ3v) is 1.99. The van der Waals surface area contributed by atoms with E-state index in [2.05, 4.69) is 27.6 Å². The molecule has 1 rings (SSSR count). The quantitative estimate of drug-likeness (QED) is 0.502. The first-order valence-electron chi connectivity index (χ1n) is 2.79. The van der Waals surface area contributed by atoms with E-state index in [1.807, 2.05) is 6.92 Å². The van der Waals surface area contributed by atoms with Crippen LogP contribution in [-0.4, -0.2) is 4.98 Å². The molecule has 0 saturated carbocycles. The Labute approximate surface area is 75.0 Å². The number of hydrogen-bond donors (Lipinski definition) is 0. The van der Waals surface area contributed by atoms with Gasteiger partial charge in [0.05, 0.1) is 0 Å². The zero-order chi connectivity index (χ0) is 7.72. The second-order valence-corrected chi connectivity index (χ2v) is 3.08. The first-order valence-corrected chi connectivity index (χ1v) is 3.87. The van der Waals surface area contributed by atoms with Gasteiger partial charge in [0.1, 0.15) is 3.70 Å². The summed E-state index contributed by atoms with van der Waals surface area (Å²) in [5.41, 5.74) is 2.08. The first kappa shape index (κ1) is 7.98.